The predicted octanol–water partition coefficient (Wildman–Crippen LogP) is 1.66. The van der Waals surface area contributed by atoms with Gasteiger partial charge in [-0.25, -0.2) is 4.98 Å². The minimum absolute atomic E-state index is 0.0291. The Hall–Kier alpha value is -2.36. The molecule has 0 bridgehead atoms. The second-order valence-corrected chi connectivity index (χ2v) is 3.28. The van der Waals surface area contributed by atoms with Crippen LogP contribution in [-0.2, 0) is 4.79 Å². The summed E-state index contributed by atoms with van der Waals surface area (Å²) in [4.78, 5) is 14.3. The van der Waals surface area contributed by atoms with E-state index in [0.29, 0.717) is 17.6 Å². The fourth-order valence-corrected chi connectivity index (χ4v) is 1.56. The highest BCUT2D eigenvalue weighted by Gasteiger charge is 2.05. The van der Waals surface area contributed by atoms with Crippen LogP contribution in [0.2, 0.25) is 0 Å². The number of hydrogen-bond donors (Lipinski definition) is 2. The molecule has 16 heavy (non-hydrogen) atoms. The number of nitrogens with one attached hydrogen (secondary N) is 1. The van der Waals surface area contributed by atoms with Crippen LogP contribution in [-0.4, -0.2) is 16.5 Å². The highest BCUT2D eigenvalue weighted by Crippen LogP contribution is 2.23. The zero-order valence-corrected chi connectivity index (χ0v) is 8.47. The molecule has 2 rings (SSSR count). The Bertz CT molecular complexity index is 564. The van der Waals surface area contributed by atoms with Gasteiger partial charge < -0.3 is 10.4 Å². The Morgan fingerprint density at radius 2 is 2.19 bits per heavy atom. The smallest absolute Gasteiger partial charge is 0.211 e. The fourth-order valence-electron chi connectivity index (χ4n) is 1.56. The average molecular weight is 214 g/mol. The lowest BCUT2D eigenvalue weighted by molar-refractivity contribution is -0.108. The topological polar surface area (TPSA) is 62.2 Å². The molecule has 0 aliphatic carbocycles. The molecule has 80 valence electrons. The highest BCUT2D eigenvalue weighted by molar-refractivity contribution is 5.92. The van der Waals surface area contributed by atoms with Crippen molar-refractivity contribution in [3.05, 3.63) is 42.5 Å². The molecule has 0 fully saturated rings. The van der Waals surface area contributed by atoms with Gasteiger partial charge in [0.05, 0.1) is 5.52 Å². The van der Waals surface area contributed by atoms with E-state index in [9.17, 15) is 9.90 Å². The van der Waals surface area contributed by atoms with Crippen LogP contribution in [0.1, 0.15) is 5.56 Å². The number of amides is 1. The van der Waals surface area contributed by atoms with Crippen molar-refractivity contribution < 1.29 is 9.90 Å². The van der Waals surface area contributed by atoms with Gasteiger partial charge in [0.1, 0.15) is 0 Å². The maximum atomic E-state index is 10.4. The molecule has 4 heteroatoms. The summed E-state index contributed by atoms with van der Waals surface area (Å²) in [5.41, 5.74) is 1.96. The number of aromatic nitrogens is 1. The van der Waals surface area contributed by atoms with E-state index in [1.165, 1.54) is 6.07 Å². The van der Waals surface area contributed by atoms with Crippen LogP contribution in [0.4, 0.5) is 0 Å². The average Bonchev–Trinajstić information content (AvgIpc) is 2.28. The van der Waals surface area contributed by atoms with E-state index in [1.807, 2.05) is 6.07 Å². The Labute approximate surface area is 92.2 Å². The Balaban J connectivity index is 2.62. The molecule has 0 aliphatic heterocycles. The lowest BCUT2D eigenvalue weighted by atomic mass is 10.1. The van der Waals surface area contributed by atoms with E-state index in [2.05, 4.69) is 16.9 Å². The van der Waals surface area contributed by atoms with E-state index >= 15 is 0 Å². The summed E-state index contributed by atoms with van der Waals surface area (Å²) >= 11 is 0. The first-order chi connectivity index (χ1) is 7.72. The van der Waals surface area contributed by atoms with Gasteiger partial charge in [-0.1, -0.05) is 18.7 Å². The molecular weight excluding hydrogens is 204 g/mol. The number of carbonyl (C=O) groups excluding carboxylic acids is 1. The van der Waals surface area contributed by atoms with Crippen molar-refractivity contribution in [2.45, 2.75) is 0 Å². The van der Waals surface area contributed by atoms with Crippen molar-refractivity contribution >= 4 is 23.0 Å². The minimum atomic E-state index is -0.0291. The molecule has 2 aromatic rings. The zero-order valence-electron chi connectivity index (χ0n) is 8.47. The lowest BCUT2D eigenvalue weighted by Gasteiger charge is -2.07. The van der Waals surface area contributed by atoms with Crippen molar-refractivity contribution in [2.24, 2.45) is 0 Å². The zero-order chi connectivity index (χ0) is 11.5. The van der Waals surface area contributed by atoms with E-state index in [1.54, 1.807) is 18.2 Å². The van der Waals surface area contributed by atoms with Crippen LogP contribution < -0.4 is 5.32 Å². The molecule has 1 aromatic heterocycles. The molecule has 2 N–H and O–H groups in total. The molecule has 0 radical (unpaired) electrons. The first-order valence-corrected chi connectivity index (χ1v) is 4.70. The van der Waals surface area contributed by atoms with Gasteiger partial charge in [0.2, 0.25) is 12.3 Å². The van der Waals surface area contributed by atoms with Gasteiger partial charge in [-0.3, -0.25) is 4.79 Å². The predicted molar refractivity (Wildman–Crippen MR) is 61.6 cm³/mol. The third-order valence-corrected chi connectivity index (χ3v) is 2.28. The van der Waals surface area contributed by atoms with Gasteiger partial charge in [0.15, 0.2) is 0 Å². The molecular formula is C12H10N2O2. The number of nitrogens with zero attached hydrogens (tertiary/aromatic N) is 1. The maximum Gasteiger partial charge on any atom is 0.211 e. The number of carbonyl (C=O) groups is 1. The van der Waals surface area contributed by atoms with E-state index in [0.717, 1.165) is 10.9 Å². The second-order valence-electron chi connectivity index (χ2n) is 3.28. The largest absolute Gasteiger partial charge is 0.493 e. The Morgan fingerprint density at radius 3 is 2.94 bits per heavy atom. The summed E-state index contributed by atoms with van der Waals surface area (Å²) in [6.07, 6.45) is 0.578. The quantitative estimate of drug-likeness (QED) is 0.764. The molecule has 0 unspecified atom stereocenters. The summed E-state index contributed by atoms with van der Waals surface area (Å²) in [5.74, 6) is -0.0291. The van der Waals surface area contributed by atoms with Crippen molar-refractivity contribution in [3.8, 4) is 5.88 Å². The summed E-state index contributed by atoms with van der Waals surface area (Å²) in [6.45, 7) is 3.75. The molecule has 0 saturated carbocycles. The van der Waals surface area contributed by atoms with Crippen LogP contribution in [0.25, 0.3) is 16.6 Å². The number of fused-ring (bicyclic) bond motifs is 1. The van der Waals surface area contributed by atoms with E-state index in [-0.39, 0.29) is 5.88 Å². The lowest BCUT2D eigenvalue weighted by Crippen LogP contribution is -2.07. The number of benzene rings is 1. The molecule has 0 spiro atoms. The molecule has 1 heterocycles. The molecule has 0 saturated heterocycles. The van der Waals surface area contributed by atoms with Crippen LogP contribution >= 0.6 is 0 Å². The Morgan fingerprint density at radius 1 is 1.38 bits per heavy atom. The van der Waals surface area contributed by atoms with Gasteiger partial charge in [0, 0.05) is 22.7 Å². The SMILES string of the molecule is C=C(NC=O)c1cccc2nc(O)ccc12. The van der Waals surface area contributed by atoms with Crippen LogP contribution in [0.5, 0.6) is 5.88 Å². The van der Waals surface area contributed by atoms with Gasteiger partial charge in [-0.05, 0) is 12.1 Å². The van der Waals surface area contributed by atoms with Crippen molar-refractivity contribution in [1.82, 2.24) is 10.3 Å². The van der Waals surface area contributed by atoms with Crippen LogP contribution in [0, 0.1) is 0 Å². The normalized spacial score (nSPS) is 10.0. The second kappa shape index (κ2) is 4.02. The van der Waals surface area contributed by atoms with Crippen molar-refractivity contribution in [3.63, 3.8) is 0 Å². The van der Waals surface area contributed by atoms with Gasteiger partial charge in [-0.15, -0.1) is 0 Å². The number of hydrogen-bond acceptors (Lipinski definition) is 3. The fraction of sp³-hybridized carbons (Fsp3) is 0. The number of rotatable bonds is 3. The number of aromatic hydroxyl groups is 1. The highest BCUT2D eigenvalue weighted by atomic mass is 16.3. The van der Waals surface area contributed by atoms with Gasteiger partial charge in [0.25, 0.3) is 0 Å². The van der Waals surface area contributed by atoms with Crippen molar-refractivity contribution in [1.29, 1.82) is 0 Å². The maximum absolute atomic E-state index is 10.4. The third kappa shape index (κ3) is 1.72. The number of pyridine rings is 1. The van der Waals surface area contributed by atoms with Crippen LogP contribution in [0.15, 0.2) is 36.9 Å². The van der Waals surface area contributed by atoms with Crippen molar-refractivity contribution in [2.75, 3.05) is 0 Å². The summed E-state index contributed by atoms with van der Waals surface area (Å²) < 4.78 is 0. The summed E-state index contributed by atoms with van der Waals surface area (Å²) in [5, 5.41) is 12.6. The van der Waals surface area contributed by atoms with Crippen LogP contribution in [0.3, 0.4) is 0 Å². The standard InChI is InChI=1S/C12H10N2O2/c1-8(13-7-15)9-3-2-4-11-10(9)5-6-12(16)14-11/h2-7H,1H2,(H,13,15)(H,14,16). The van der Waals surface area contributed by atoms with Gasteiger partial charge >= 0.3 is 0 Å². The summed E-state index contributed by atoms with van der Waals surface area (Å²) in [7, 11) is 0. The molecule has 1 aromatic carbocycles. The molecule has 0 atom stereocenters. The molecule has 4 nitrogen and oxygen atoms in total. The first-order valence-electron chi connectivity index (χ1n) is 4.70. The van der Waals surface area contributed by atoms with E-state index < -0.39 is 0 Å². The minimum Gasteiger partial charge on any atom is -0.493 e. The first kappa shape index (κ1) is 10.2. The molecule has 1 amide bonds. The summed E-state index contributed by atoms with van der Waals surface area (Å²) in [6, 6.07) is 8.65. The third-order valence-electron chi connectivity index (χ3n) is 2.28. The Kier molecular flexibility index (Phi) is 2.55. The monoisotopic (exact) mass is 214 g/mol. The van der Waals surface area contributed by atoms with Gasteiger partial charge in [-0.2, -0.15) is 0 Å². The van der Waals surface area contributed by atoms with E-state index in [4.69, 9.17) is 0 Å². The molecule has 0 aliphatic rings.